The van der Waals surface area contributed by atoms with Crippen molar-refractivity contribution in [2.75, 3.05) is 0 Å². The van der Waals surface area contributed by atoms with Gasteiger partial charge in [0.05, 0.1) is 5.54 Å². The molecular weight excluding hydrogens is 186 g/mol. The lowest BCUT2D eigenvalue weighted by molar-refractivity contribution is 0.0897. The number of benzene rings is 1. The SMILES string of the molecule is CCC(C)(N)C(=O)c1cc(C)ccc1C. The van der Waals surface area contributed by atoms with Gasteiger partial charge in [-0.2, -0.15) is 0 Å². The highest BCUT2D eigenvalue weighted by Crippen LogP contribution is 2.18. The van der Waals surface area contributed by atoms with E-state index in [9.17, 15) is 4.79 Å². The fourth-order valence-electron chi connectivity index (χ4n) is 1.45. The largest absolute Gasteiger partial charge is 0.319 e. The molecule has 1 aromatic carbocycles. The van der Waals surface area contributed by atoms with E-state index in [0.29, 0.717) is 6.42 Å². The van der Waals surface area contributed by atoms with Crippen molar-refractivity contribution in [3.8, 4) is 0 Å². The molecule has 1 atom stereocenters. The summed E-state index contributed by atoms with van der Waals surface area (Å²) in [4.78, 5) is 12.1. The van der Waals surface area contributed by atoms with E-state index in [2.05, 4.69) is 0 Å². The quantitative estimate of drug-likeness (QED) is 0.771. The predicted octanol–water partition coefficient (Wildman–Crippen LogP) is 2.61. The van der Waals surface area contributed by atoms with Crippen molar-refractivity contribution in [1.82, 2.24) is 0 Å². The molecule has 0 saturated heterocycles. The lowest BCUT2D eigenvalue weighted by Crippen LogP contribution is -2.44. The van der Waals surface area contributed by atoms with Crippen molar-refractivity contribution >= 4 is 5.78 Å². The highest BCUT2D eigenvalue weighted by atomic mass is 16.1. The monoisotopic (exact) mass is 205 g/mol. The van der Waals surface area contributed by atoms with Gasteiger partial charge in [-0.1, -0.05) is 24.6 Å². The Morgan fingerprint density at radius 2 is 2.00 bits per heavy atom. The van der Waals surface area contributed by atoms with E-state index in [4.69, 9.17) is 5.73 Å². The van der Waals surface area contributed by atoms with Crippen LogP contribution in [0.4, 0.5) is 0 Å². The number of Topliss-reactive ketones (excluding diaryl/α,β-unsaturated/α-hetero) is 1. The Morgan fingerprint density at radius 3 is 2.53 bits per heavy atom. The van der Waals surface area contributed by atoms with Crippen LogP contribution in [0.15, 0.2) is 18.2 Å². The number of hydrogen-bond acceptors (Lipinski definition) is 2. The molecule has 0 saturated carbocycles. The summed E-state index contributed by atoms with van der Waals surface area (Å²) in [5.74, 6) is 0.0335. The van der Waals surface area contributed by atoms with Crippen LogP contribution in [-0.4, -0.2) is 11.3 Å². The summed E-state index contributed by atoms with van der Waals surface area (Å²) in [7, 11) is 0. The van der Waals surface area contributed by atoms with Gasteiger partial charge in [-0.15, -0.1) is 0 Å². The first-order valence-electron chi connectivity index (χ1n) is 5.29. The van der Waals surface area contributed by atoms with E-state index in [1.165, 1.54) is 0 Å². The molecule has 82 valence electrons. The zero-order valence-corrected chi connectivity index (χ0v) is 9.92. The van der Waals surface area contributed by atoms with Crippen LogP contribution in [0, 0.1) is 13.8 Å². The second-order valence-corrected chi connectivity index (χ2v) is 4.42. The molecule has 0 amide bonds. The van der Waals surface area contributed by atoms with Crippen molar-refractivity contribution in [3.63, 3.8) is 0 Å². The summed E-state index contributed by atoms with van der Waals surface area (Å²) in [5, 5.41) is 0. The number of carbonyl (C=O) groups excluding carboxylic acids is 1. The molecule has 1 aromatic rings. The minimum Gasteiger partial charge on any atom is -0.319 e. The molecule has 1 unspecified atom stereocenters. The van der Waals surface area contributed by atoms with Crippen molar-refractivity contribution in [2.24, 2.45) is 5.73 Å². The average Bonchev–Trinajstić information content (AvgIpc) is 2.20. The molecule has 0 fully saturated rings. The third-order valence-electron chi connectivity index (χ3n) is 2.89. The topological polar surface area (TPSA) is 43.1 Å². The van der Waals surface area contributed by atoms with E-state index in [1.54, 1.807) is 6.92 Å². The normalized spacial score (nSPS) is 14.7. The van der Waals surface area contributed by atoms with Crippen molar-refractivity contribution in [1.29, 1.82) is 0 Å². The molecule has 0 bridgehead atoms. The van der Waals surface area contributed by atoms with Crippen LogP contribution in [0.5, 0.6) is 0 Å². The second kappa shape index (κ2) is 4.15. The van der Waals surface area contributed by atoms with Crippen molar-refractivity contribution < 1.29 is 4.79 Å². The van der Waals surface area contributed by atoms with Gasteiger partial charge in [0.1, 0.15) is 0 Å². The van der Waals surface area contributed by atoms with E-state index >= 15 is 0 Å². The Bertz CT molecular complexity index is 380. The number of ketones is 1. The molecule has 15 heavy (non-hydrogen) atoms. The van der Waals surface area contributed by atoms with Gasteiger partial charge in [0, 0.05) is 5.56 Å². The van der Waals surface area contributed by atoms with Gasteiger partial charge >= 0.3 is 0 Å². The van der Waals surface area contributed by atoms with Gasteiger partial charge < -0.3 is 5.73 Å². The maximum atomic E-state index is 12.1. The van der Waals surface area contributed by atoms with Gasteiger partial charge in [-0.05, 0) is 38.8 Å². The second-order valence-electron chi connectivity index (χ2n) is 4.42. The molecule has 0 radical (unpaired) electrons. The van der Waals surface area contributed by atoms with E-state index < -0.39 is 5.54 Å². The molecule has 2 heteroatoms. The molecule has 2 N–H and O–H groups in total. The summed E-state index contributed by atoms with van der Waals surface area (Å²) >= 11 is 0. The van der Waals surface area contributed by atoms with Crippen molar-refractivity contribution in [2.45, 2.75) is 39.7 Å². The summed E-state index contributed by atoms with van der Waals surface area (Å²) in [5.41, 5.74) is 8.05. The standard InChI is InChI=1S/C13H19NO/c1-5-13(4,14)12(15)11-8-9(2)6-7-10(11)3/h6-8H,5,14H2,1-4H3. The first-order valence-corrected chi connectivity index (χ1v) is 5.29. The number of hydrogen-bond donors (Lipinski definition) is 1. The fraction of sp³-hybridized carbons (Fsp3) is 0.462. The molecule has 0 spiro atoms. The zero-order chi connectivity index (χ0) is 11.6. The lowest BCUT2D eigenvalue weighted by Gasteiger charge is -2.22. The zero-order valence-electron chi connectivity index (χ0n) is 9.92. The third-order valence-corrected chi connectivity index (χ3v) is 2.89. The van der Waals surface area contributed by atoms with Crippen LogP contribution in [0.3, 0.4) is 0 Å². The lowest BCUT2D eigenvalue weighted by atomic mass is 9.87. The van der Waals surface area contributed by atoms with Crippen molar-refractivity contribution in [3.05, 3.63) is 34.9 Å². The summed E-state index contributed by atoms with van der Waals surface area (Å²) < 4.78 is 0. The Labute approximate surface area is 91.5 Å². The number of rotatable bonds is 3. The molecule has 0 aliphatic heterocycles. The predicted molar refractivity (Wildman–Crippen MR) is 63.1 cm³/mol. The van der Waals surface area contributed by atoms with Gasteiger partial charge in [0.2, 0.25) is 0 Å². The molecule has 0 aliphatic carbocycles. The first kappa shape index (κ1) is 11.9. The Kier molecular flexibility index (Phi) is 3.30. The van der Waals surface area contributed by atoms with Crippen LogP contribution >= 0.6 is 0 Å². The van der Waals surface area contributed by atoms with Crippen LogP contribution in [0.25, 0.3) is 0 Å². The Hall–Kier alpha value is -1.15. The van der Waals surface area contributed by atoms with Crippen LogP contribution in [0.2, 0.25) is 0 Å². The van der Waals surface area contributed by atoms with Crippen LogP contribution in [-0.2, 0) is 0 Å². The summed E-state index contributed by atoms with van der Waals surface area (Å²) in [6.07, 6.45) is 0.652. The number of nitrogens with two attached hydrogens (primary N) is 1. The Morgan fingerprint density at radius 1 is 1.40 bits per heavy atom. The minimum absolute atomic E-state index is 0.0335. The first-order chi connectivity index (χ1) is 6.88. The summed E-state index contributed by atoms with van der Waals surface area (Å²) in [6.45, 7) is 7.65. The maximum Gasteiger partial charge on any atom is 0.182 e. The third kappa shape index (κ3) is 2.45. The van der Waals surface area contributed by atoms with Gasteiger partial charge in [-0.25, -0.2) is 0 Å². The highest BCUT2D eigenvalue weighted by molar-refractivity contribution is 6.04. The van der Waals surface area contributed by atoms with Gasteiger partial charge in [0.15, 0.2) is 5.78 Å². The van der Waals surface area contributed by atoms with E-state index in [1.807, 2.05) is 39.0 Å². The fourth-order valence-corrected chi connectivity index (χ4v) is 1.45. The molecule has 2 nitrogen and oxygen atoms in total. The summed E-state index contributed by atoms with van der Waals surface area (Å²) in [6, 6.07) is 5.89. The smallest absolute Gasteiger partial charge is 0.182 e. The van der Waals surface area contributed by atoms with Crippen LogP contribution < -0.4 is 5.73 Å². The molecular formula is C13H19NO. The maximum absolute atomic E-state index is 12.1. The highest BCUT2D eigenvalue weighted by Gasteiger charge is 2.28. The van der Waals surface area contributed by atoms with Gasteiger partial charge in [-0.3, -0.25) is 4.79 Å². The minimum atomic E-state index is -0.751. The number of carbonyl (C=O) groups is 1. The van der Waals surface area contributed by atoms with Gasteiger partial charge in [0.25, 0.3) is 0 Å². The van der Waals surface area contributed by atoms with E-state index in [0.717, 1.165) is 16.7 Å². The molecule has 1 rings (SSSR count). The number of aryl methyl sites for hydroxylation is 2. The average molecular weight is 205 g/mol. The van der Waals surface area contributed by atoms with E-state index in [-0.39, 0.29) is 5.78 Å². The molecule has 0 aliphatic rings. The Balaban J connectivity index is 3.17. The van der Waals surface area contributed by atoms with Crippen LogP contribution in [0.1, 0.15) is 41.8 Å². The molecule has 0 aromatic heterocycles. The molecule has 0 heterocycles.